The van der Waals surface area contributed by atoms with E-state index in [1.807, 2.05) is 0 Å². The molecule has 1 N–H and O–H groups in total. The van der Waals surface area contributed by atoms with Crippen molar-refractivity contribution >= 4 is 22.6 Å². The normalized spacial score (nSPS) is 26.7. The minimum atomic E-state index is 0.989. The first-order chi connectivity index (χ1) is 4.93. The van der Waals surface area contributed by atoms with Crippen molar-refractivity contribution in [2.75, 3.05) is 17.5 Å². The molecule has 0 amide bonds. The van der Waals surface area contributed by atoms with E-state index < -0.39 is 0 Å². The molecule has 60 valence electrons. The molecule has 0 saturated carbocycles. The first kappa shape index (κ1) is 8.78. The van der Waals surface area contributed by atoms with Crippen molar-refractivity contribution < 1.29 is 0 Å². The molecule has 1 rings (SSSR count). The Morgan fingerprint density at radius 3 is 3.00 bits per heavy atom. The molecule has 0 unspecified atom stereocenters. The third-order valence-corrected chi connectivity index (χ3v) is 2.91. The summed E-state index contributed by atoms with van der Waals surface area (Å²) in [4.78, 5) is 0. The molecule has 1 fully saturated rings. The predicted octanol–water partition coefficient (Wildman–Crippen LogP) is 2.20. The third kappa shape index (κ3) is 3.19. The average molecular weight is 253 g/mol. The van der Waals surface area contributed by atoms with E-state index in [0.29, 0.717) is 0 Å². The Bertz CT molecular complexity index is 79.3. The summed E-state index contributed by atoms with van der Waals surface area (Å²) in [7, 11) is 0. The molecule has 0 bridgehead atoms. The van der Waals surface area contributed by atoms with Crippen LogP contribution in [0.15, 0.2) is 0 Å². The van der Waals surface area contributed by atoms with Gasteiger partial charge in [0.15, 0.2) is 0 Å². The first-order valence-electron chi connectivity index (χ1n) is 4.20. The summed E-state index contributed by atoms with van der Waals surface area (Å²) < 4.78 is 1.33. The number of hydrogen-bond donors (Lipinski definition) is 1. The molecule has 2 heteroatoms. The van der Waals surface area contributed by atoms with Crippen LogP contribution in [0.2, 0.25) is 0 Å². The number of nitrogens with one attached hydrogen (secondary N) is 1. The van der Waals surface area contributed by atoms with Crippen molar-refractivity contribution in [2.45, 2.75) is 25.7 Å². The van der Waals surface area contributed by atoms with Gasteiger partial charge in [0.1, 0.15) is 0 Å². The zero-order chi connectivity index (χ0) is 7.23. The molecule has 0 aromatic heterocycles. The van der Waals surface area contributed by atoms with E-state index in [4.69, 9.17) is 0 Å². The Balaban J connectivity index is 2.02. The van der Waals surface area contributed by atoms with Gasteiger partial charge in [-0.3, -0.25) is 0 Å². The minimum absolute atomic E-state index is 0.989. The van der Waals surface area contributed by atoms with Crippen molar-refractivity contribution in [3.63, 3.8) is 0 Å². The molecule has 1 aliphatic rings. The van der Waals surface area contributed by atoms with E-state index in [2.05, 4.69) is 27.9 Å². The van der Waals surface area contributed by atoms with E-state index in [-0.39, 0.29) is 0 Å². The van der Waals surface area contributed by atoms with Gasteiger partial charge in [-0.15, -0.1) is 0 Å². The van der Waals surface area contributed by atoms with Crippen LogP contribution in [0.1, 0.15) is 25.7 Å². The van der Waals surface area contributed by atoms with Crippen molar-refractivity contribution in [2.24, 2.45) is 5.92 Å². The summed E-state index contributed by atoms with van der Waals surface area (Å²) >= 11 is 2.46. The lowest BCUT2D eigenvalue weighted by Crippen LogP contribution is -2.29. The highest BCUT2D eigenvalue weighted by atomic mass is 127. The van der Waals surface area contributed by atoms with Crippen LogP contribution in [0.5, 0.6) is 0 Å². The number of piperidine rings is 1. The number of halogens is 1. The summed E-state index contributed by atoms with van der Waals surface area (Å²) in [5, 5.41) is 3.44. The molecule has 1 nitrogen and oxygen atoms in total. The fraction of sp³-hybridized carbons (Fsp3) is 1.00. The third-order valence-electron chi connectivity index (χ3n) is 2.14. The van der Waals surface area contributed by atoms with Gasteiger partial charge in [0.05, 0.1) is 0 Å². The van der Waals surface area contributed by atoms with Gasteiger partial charge in [0.2, 0.25) is 0 Å². The summed E-state index contributed by atoms with van der Waals surface area (Å²) in [6, 6.07) is 0. The Morgan fingerprint density at radius 1 is 1.50 bits per heavy atom. The zero-order valence-electron chi connectivity index (χ0n) is 6.41. The monoisotopic (exact) mass is 253 g/mol. The van der Waals surface area contributed by atoms with Crippen LogP contribution in [-0.2, 0) is 0 Å². The number of hydrogen-bond acceptors (Lipinski definition) is 1. The molecular weight excluding hydrogens is 237 g/mol. The van der Waals surface area contributed by atoms with Gasteiger partial charge < -0.3 is 5.32 Å². The van der Waals surface area contributed by atoms with Gasteiger partial charge in [-0.1, -0.05) is 22.6 Å². The average Bonchev–Trinajstić information content (AvgIpc) is 2.03. The minimum Gasteiger partial charge on any atom is -0.316 e. The molecular formula is C8H16IN. The molecule has 0 aliphatic carbocycles. The number of rotatable bonds is 3. The van der Waals surface area contributed by atoms with E-state index in [9.17, 15) is 0 Å². The number of alkyl halides is 1. The lowest BCUT2D eigenvalue weighted by Gasteiger charge is -2.21. The highest BCUT2D eigenvalue weighted by molar-refractivity contribution is 14.1. The highest BCUT2D eigenvalue weighted by Crippen LogP contribution is 2.15. The molecule has 1 aliphatic heterocycles. The lowest BCUT2D eigenvalue weighted by atomic mass is 9.95. The van der Waals surface area contributed by atoms with Crippen molar-refractivity contribution in [1.29, 1.82) is 0 Å². The van der Waals surface area contributed by atoms with Crippen LogP contribution in [0.3, 0.4) is 0 Å². The van der Waals surface area contributed by atoms with Gasteiger partial charge in [0.25, 0.3) is 0 Å². The standard InChI is InChI=1S/C8H16IN/c9-5-1-3-8-4-2-6-10-7-8/h8,10H,1-7H2/t8-/m1/s1. The van der Waals surface area contributed by atoms with Crippen LogP contribution >= 0.6 is 22.6 Å². The smallest absolute Gasteiger partial charge is 0.000462 e. The van der Waals surface area contributed by atoms with E-state index in [1.54, 1.807) is 0 Å². The molecule has 1 atom stereocenters. The lowest BCUT2D eigenvalue weighted by molar-refractivity contribution is 0.356. The fourth-order valence-corrected chi connectivity index (χ4v) is 1.98. The van der Waals surface area contributed by atoms with E-state index >= 15 is 0 Å². The molecule has 0 spiro atoms. The molecule has 10 heavy (non-hydrogen) atoms. The predicted molar refractivity (Wildman–Crippen MR) is 53.7 cm³/mol. The Labute approximate surface area is 77.1 Å². The maximum atomic E-state index is 3.44. The Hall–Kier alpha value is 0.690. The quantitative estimate of drug-likeness (QED) is 0.600. The summed E-state index contributed by atoms with van der Waals surface area (Å²) in [6.07, 6.45) is 5.71. The molecule has 0 radical (unpaired) electrons. The second-order valence-electron chi connectivity index (χ2n) is 3.04. The van der Waals surface area contributed by atoms with Gasteiger partial charge in [-0.25, -0.2) is 0 Å². The summed E-state index contributed by atoms with van der Waals surface area (Å²) in [5.74, 6) is 0.989. The largest absolute Gasteiger partial charge is 0.316 e. The van der Waals surface area contributed by atoms with Crippen molar-refractivity contribution in [3.8, 4) is 0 Å². The van der Waals surface area contributed by atoms with E-state index in [1.165, 1.54) is 43.2 Å². The van der Waals surface area contributed by atoms with Crippen LogP contribution in [-0.4, -0.2) is 17.5 Å². The van der Waals surface area contributed by atoms with Crippen LogP contribution < -0.4 is 5.32 Å². The maximum Gasteiger partial charge on any atom is -0.000462 e. The maximum absolute atomic E-state index is 3.44. The molecule has 1 saturated heterocycles. The summed E-state index contributed by atoms with van der Waals surface area (Å²) in [6.45, 7) is 2.53. The van der Waals surface area contributed by atoms with Gasteiger partial charge >= 0.3 is 0 Å². The zero-order valence-corrected chi connectivity index (χ0v) is 8.56. The van der Waals surface area contributed by atoms with Crippen molar-refractivity contribution in [1.82, 2.24) is 5.32 Å². The Kier molecular flexibility index (Phi) is 4.70. The van der Waals surface area contributed by atoms with Crippen LogP contribution in [0.4, 0.5) is 0 Å². The van der Waals surface area contributed by atoms with Crippen LogP contribution in [0, 0.1) is 5.92 Å². The highest BCUT2D eigenvalue weighted by Gasteiger charge is 2.11. The summed E-state index contributed by atoms with van der Waals surface area (Å²) in [5.41, 5.74) is 0. The molecule has 0 aromatic carbocycles. The van der Waals surface area contributed by atoms with Crippen molar-refractivity contribution in [3.05, 3.63) is 0 Å². The second-order valence-corrected chi connectivity index (χ2v) is 4.12. The first-order valence-corrected chi connectivity index (χ1v) is 5.72. The molecule has 1 heterocycles. The topological polar surface area (TPSA) is 12.0 Å². The molecule has 0 aromatic rings. The Morgan fingerprint density at radius 2 is 2.40 bits per heavy atom. The second kappa shape index (κ2) is 5.35. The van der Waals surface area contributed by atoms with E-state index in [0.717, 1.165) is 5.92 Å². The van der Waals surface area contributed by atoms with Crippen LogP contribution in [0.25, 0.3) is 0 Å². The SMILES string of the molecule is ICCC[C@@H]1CCCNC1. The van der Waals surface area contributed by atoms with Gasteiger partial charge in [-0.2, -0.15) is 0 Å². The fourth-order valence-electron chi connectivity index (χ4n) is 1.54. The van der Waals surface area contributed by atoms with Gasteiger partial charge in [-0.05, 0) is 49.1 Å². The van der Waals surface area contributed by atoms with Gasteiger partial charge in [0, 0.05) is 0 Å².